The topological polar surface area (TPSA) is 100 Å². The maximum atomic E-state index is 10.0. The third kappa shape index (κ3) is 15.5. The van der Waals surface area contributed by atoms with Gasteiger partial charge in [0, 0.05) is 52.4 Å². The van der Waals surface area contributed by atoms with Gasteiger partial charge in [0.2, 0.25) is 0 Å². The molecular weight excluding hydrogens is 969 g/mol. The van der Waals surface area contributed by atoms with Crippen molar-refractivity contribution < 1.29 is 60.0 Å². The van der Waals surface area contributed by atoms with E-state index < -0.39 is 0 Å². The van der Waals surface area contributed by atoms with E-state index in [4.69, 9.17) is 10.2 Å². The number of carbonyl (C=O) groups excluding carboxylic acids is 2. The van der Waals surface area contributed by atoms with Crippen LogP contribution in [0.5, 0.6) is 0 Å². The smallest absolute Gasteiger partial charge is 0.155 e. The van der Waals surface area contributed by atoms with Crippen LogP contribution in [-0.4, -0.2) is 31.7 Å². The van der Waals surface area contributed by atoms with Gasteiger partial charge in [-0.15, -0.1) is 71.8 Å². The molecule has 6 aromatic rings. The van der Waals surface area contributed by atoms with Crippen LogP contribution in [0.15, 0.2) is 139 Å². The van der Waals surface area contributed by atoms with Gasteiger partial charge in [0.15, 0.2) is 11.6 Å². The predicted molar refractivity (Wildman–Crippen MR) is 191 cm³/mol. The van der Waals surface area contributed by atoms with Crippen molar-refractivity contribution in [2.75, 3.05) is 0 Å². The molecule has 0 bridgehead atoms. The van der Waals surface area contributed by atoms with Crippen LogP contribution < -0.4 is 0 Å². The zero-order chi connectivity index (χ0) is 34.2. The maximum absolute atomic E-state index is 10.0. The summed E-state index contributed by atoms with van der Waals surface area (Å²) in [6.45, 7) is 7.78. The van der Waals surface area contributed by atoms with Gasteiger partial charge in [0.25, 0.3) is 0 Å². The van der Waals surface area contributed by atoms with Gasteiger partial charge in [0.1, 0.15) is 0 Å². The van der Waals surface area contributed by atoms with Crippen molar-refractivity contribution in [2.45, 2.75) is 34.6 Å². The Labute approximate surface area is 315 Å². The Bertz CT molecular complexity index is 1960. The van der Waals surface area contributed by atoms with E-state index in [-0.39, 0.29) is 63.3 Å². The summed E-state index contributed by atoms with van der Waals surface area (Å²) in [6.07, 6.45) is 2.33. The molecule has 0 saturated heterocycles. The molecular formula is C41H38Ir2N2O4-2. The molecule has 2 radical (unpaired) electrons. The number of aliphatic hydroxyl groups is 2. The molecule has 8 heteroatoms. The molecule has 0 atom stereocenters. The number of rotatable bonds is 4. The fraction of sp³-hybridized carbons (Fsp3) is 0.122. The van der Waals surface area contributed by atoms with Gasteiger partial charge >= 0.3 is 0 Å². The maximum Gasteiger partial charge on any atom is 0.155 e. The largest absolute Gasteiger partial charge is 0.512 e. The molecule has 6 rings (SSSR count). The number of allylic oxidation sites excluding steroid dienone is 4. The van der Waals surface area contributed by atoms with Gasteiger partial charge in [0.05, 0.1) is 22.6 Å². The number of nitrogens with zero attached hydrogens (tertiary/aromatic N) is 2. The SMILES string of the molecule is CC(=O)C=C(C)O.CC(=O)C=C(C)O.Cc1ccc2ccc(-c3[c-]cccc3)nc2c1.[Ir].[Ir].[c-]1ccccc1-c1ccc2ccccc2n1. The summed E-state index contributed by atoms with van der Waals surface area (Å²) in [5.74, 6) is -0.125. The molecule has 0 aliphatic carbocycles. The average Bonchev–Trinajstić information content (AvgIpc) is 3.04. The number of hydrogen-bond donors (Lipinski definition) is 2. The number of carbonyl (C=O) groups is 2. The monoisotopic (exact) mass is 1010 g/mol. The second-order valence-electron chi connectivity index (χ2n) is 10.6. The van der Waals surface area contributed by atoms with Crippen LogP contribution in [0.3, 0.4) is 0 Å². The molecule has 6 nitrogen and oxygen atoms in total. The van der Waals surface area contributed by atoms with Gasteiger partial charge < -0.3 is 10.2 Å². The first-order chi connectivity index (χ1) is 22.5. The fourth-order valence-corrected chi connectivity index (χ4v) is 4.29. The van der Waals surface area contributed by atoms with Crippen molar-refractivity contribution in [1.29, 1.82) is 0 Å². The molecule has 0 amide bonds. The Balaban J connectivity index is 0.000000349. The van der Waals surface area contributed by atoms with Crippen molar-refractivity contribution in [3.63, 3.8) is 0 Å². The van der Waals surface area contributed by atoms with Crippen molar-refractivity contribution in [3.05, 3.63) is 157 Å². The number of pyridine rings is 2. The Morgan fingerprint density at radius 3 is 1.43 bits per heavy atom. The van der Waals surface area contributed by atoms with Gasteiger partial charge in [-0.2, -0.15) is 0 Å². The van der Waals surface area contributed by atoms with Crippen LogP contribution in [0, 0.1) is 19.1 Å². The minimum Gasteiger partial charge on any atom is -0.512 e. The first-order valence-corrected chi connectivity index (χ1v) is 14.9. The van der Waals surface area contributed by atoms with Crippen molar-refractivity contribution in [2.24, 2.45) is 0 Å². The van der Waals surface area contributed by atoms with Crippen LogP contribution in [0.1, 0.15) is 33.3 Å². The van der Waals surface area contributed by atoms with Crippen molar-refractivity contribution >= 4 is 33.4 Å². The molecule has 0 aliphatic rings. The van der Waals surface area contributed by atoms with Crippen molar-refractivity contribution in [1.82, 2.24) is 9.97 Å². The summed E-state index contributed by atoms with van der Waals surface area (Å²) in [7, 11) is 0. The van der Waals surface area contributed by atoms with E-state index in [9.17, 15) is 9.59 Å². The normalized spacial score (nSPS) is 10.4. The number of hydrogen-bond acceptors (Lipinski definition) is 6. The summed E-state index contributed by atoms with van der Waals surface area (Å²) in [4.78, 5) is 29.3. The van der Waals surface area contributed by atoms with E-state index in [1.54, 1.807) is 0 Å². The number of aliphatic hydroxyl groups excluding tert-OH is 2. The fourth-order valence-electron chi connectivity index (χ4n) is 4.29. The quantitative estimate of drug-likeness (QED) is 0.104. The zero-order valence-corrected chi connectivity index (χ0v) is 32.7. The minimum atomic E-state index is -0.125. The number of benzene rings is 4. The molecule has 0 unspecified atom stereocenters. The van der Waals surface area contributed by atoms with E-state index in [0.717, 1.165) is 33.5 Å². The van der Waals surface area contributed by atoms with Gasteiger partial charge in [-0.05, 0) is 74.5 Å². The molecule has 0 fully saturated rings. The van der Waals surface area contributed by atoms with Crippen LogP contribution in [0.2, 0.25) is 0 Å². The second kappa shape index (κ2) is 22.1. The van der Waals surface area contributed by atoms with Gasteiger partial charge in [-0.25, -0.2) is 0 Å². The molecule has 256 valence electrons. The van der Waals surface area contributed by atoms with E-state index in [1.807, 2.05) is 78.9 Å². The van der Waals surface area contributed by atoms with Crippen molar-refractivity contribution in [3.8, 4) is 22.5 Å². The summed E-state index contributed by atoms with van der Waals surface area (Å²) < 4.78 is 0. The minimum absolute atomic E-state index is 0. The van der Waals surface area contributed by atoms with E-state index >= 15 is 0 Å². The summed E-state index contributed by atoms with van der Waals surface area (Å²) in [5.41, 5.74) is 7.32. The molecule has 4 aromatic carbocycles. The standard InChI is InChI=1S/C16H12N.C15H10N.2C5H8O2.2Ir/c1-12-7-8-14-9-10-15(17-16(14)11-12)13-5-3-2-4-6-13;1-2-6-12(7-3-1)15-11-10-13-8-4-5-9-14(13)16-15;2*1-4(6)3-5(2)7;;/h2-5,7-11H,1H3;1-6,8-11H;2*3,6H,1-2H3;;/q2*-1;;;;. The number of aromatic nitrogens is 2. The second-order valence-corrected chi connectivity index (χ2v) is 10.6. The predicted octanol–water partition coefficient (Wildman–Crippen LogP) is 9.78. The van der Waals surface area contributed by atoms with Crippen LogP contribution in [0.25, 0.3) is 44.3 Å². The number of ketones is 2. The Hall–Kier alpha value is -4.58. The molecule has 0 saturated carbocycles. The van der Waals surface area contributed by atoms with Crippen LogP contribution in [-0.2, 0) is 49.8 Å². The van der Waals surface area contributed by atoms with E-state index in [0.29, 0.717) is 0 Å². The van der Waals surface area contributed by atoms with Crippen LogP contribution >= 0.6 is 0 Å². The molecule has 0 spiro atoms. The summed E-state index contributed by atoms with van der Waals surface area (Å²) in [5, 5.41) is 19.1. The Kier molecular flexibility index (Phi) is 19.2. The zero-order valence-electron chi connectivity index (χ0n) is 27.9. The van der Waals surface area contributed by atoms with Crippen LogP contribution in [0.4, 0.5) is 0 Å². The molecule has 2 heterocycles. The molecule has 49 heavy (non-hydrogen) atoms. The first kappa shape index (κ1) is 42.4. The third-order valence-corrected chi connectivity index (χ3v) is 6.24. The number of para-hydroxylation sites is 1. The number of aryl methyl sites for hydroxylation is 1. The summed E-state index contributed by atoms with van der Waals surface area (Å²) in [6, 6.07) is 45.0. The third-order valence-electron chi connectivity index (χ3n) is 6.24. The molecule has 2 N–H and O–H groups in total. The molecule has 0 aliphatic heterocycles. The van der Waals surface area contributed by atoms with Gasteiger partial charge in [-0.3, -0.25) is 19.6 Å². The number of fused-ring (bicyclic) bond motifs is 2. The Morgan fingerprint density at radius 1 is 0.571 bits per heavy atom. The van der Waals surface area contributed by atoms with Gasteiger partial charge in [-0.1, -0.05) is 54.6 Å². The average molecular weight is 1010 g/mol. The van der Waals surface area contributed by atoms with E-state index in [1.165, 1.54) is 56.2 Å². The summed E-state index contributed by atoms with van der Waals surface area (Å²) >= 11 is 0. The van der Waals surface area contributed by atoms with E-state index in [2.05, 4.69) is 65.4 Å². The first-order valence-electron chi connectivity index (χ1n) is 14.9. The Morgan fingerprint density at radius 2 is 1.00 bits per heavy atom. The molecule has 2 aromatic heterocycles.